The lowest BCUT2D eigenvalue weighted by atomic mass is 10.0. The lowest BCUT2D eigenvalue weighted by molar-refractivity contribution is 0.301. The van der Waals surface area contributed by atoms with Gasteiger partial charge in [0.15, 0.2) is 0 Å². The van der Waals surface area contributed by atoms with Crippen LogP contribution in [0.5, 0.6) is 5.75 Å². The maximum absolute atomic E-state index is 14.4. The molecule has 2 N–H and O–H groups in total. The fourth-order valence-corrected chi connectivity index (χ4v) is 4.53. The zero-order valence-corrected chi connectivity index (χ0v) is 20.4. The second-order valence-corrected chi connectivity index (χ2v) is 8.87. The van der Waals surface area contributed by atoms with Gasteiger partial charge in [0.2, 0.25) is 0 Å². The fraction of sp³-hybridized carbons (Fsp3) is 0.385. The predicted octanol–water partition coefficient (Wildman–Crippen LogP) is 6.63. The van der Waals surface area contributed by atoms with Crippen molar-refractivity contribution in [2.45, 2.75) is 38.7 Å². The Morgan fingerprint density at radius 1 is 1.06 bits per heavy atom. The molecular weight excluding hydrogens is 459 g/mol. The van der Waals surface area contributed by atoms with Gasteiger partial charge in [-0.3, -0.25) is 9.53 Å². The van der Waals surface area contributed by atoms with E-state index in [0.717, 1.165) is 35.3 Å². The van der Waals surface area contributed by atoms with Crippen LogP contribution in [0.4, 0.5) is 13.2 Å². The van der Waals surface area contributed by atoms with Gasteiger partial charge < -0.3 is 4.74 Å². The summed E-state index contributed by atoms with van der Waals surface area (Å²) in [5.41, 5.74) is 2.40. The molecule has 0 spiro atoms. The topological polar surface area (TPSA) is 61.0 Å². The van der Waals surface area contributed by atoms with Gasteiger partial charge in [-0.25, -0.2) is 18.7 Å². The number of ether oxygens (including phenoxy) is 1. The van der Waals surface area contributed by atoms with Gasteiger partial charge in [-0.15, -0.1) is 0 Å². The third-order valence-electron chi connectivity index (χ3n) is 6.14. The van der Waals surface area contributed by atoms with Crippen LogP contribution >= 0.6 is 11.9 Å². The van der Waals surface area contributed by atoms with Crippen molar-refractivity contribution in [2.24, 2.45) is 17.0 Å². The van der Waals surface area contributed by atoms with Crippen LogP contribution in [0.2, 0.25) is 0 Å². The second-order valence-electron chi connectivity index (χ2n) is 8.40. The summed E-state index contributed by atoms with van der Waals surface area (Å²) < 4.78 is 43.8. The summed E-state index contributed by atoms with van der Waals surface area (Å²) in [4.78, 5) is 9.20. The molecule has 2 fully saturated rings. The highest BCUT2D eigenvalue weighted by molar-refractivity contribution is 7.96. The molecule has 2 aliphatic rings. The van der Waals surface area contributed by atoms with E-state index in [9.17, 15) is 13.2 Å². The average Bonchev–Trinajstić information content (AvgIpc) is 3.50. The number of fused-ring (bicyclic) bond motifs is 1. The van der Waals surface area contributed by atoms with E-state index in [1.807, 2.05) is 19.2 Å². The smallest absolute Gasteiger partial charge is 0.132 e. The summed E-state index contributed by atoms with van der Waals surface area (Å²) in [5.74, 6) is 2.57. The summed E-state index contributed by atoms with van der Waals surface area (Å²) in [6.45, 7) is 2.10. The van der Waals surface area contributed by atoms with Crippen LogP contribution in [-0.4, -0.2) is 23.4 Å². The Morgan fingerprint density at radius 3 is 2.50 bits per heavy atom. The maximum atomic E-state index is 14.4. The molecule has 3 atom stereocenters. The molecule has 0 saturated heterocycles. The number of alkyl halides is 1. The SMILES string of the molecule is CF.CSN.Cc1ccc(F)c(-c2cc(F)ccc2OCc2ccnc(C3CCC4CC43)n2)c1. The van der Waals surface area contributed by atoms with Crippen molar-refractivity contribution in [3.63, 3.8) is 0 Å². The van der Waals surface area contributed by atoms with Gasteiger partial charge in [0.1, 0.15) is 29.8 Å². The quantitative estimate of drug-likeness (QED) is 0.408. The highest BCUT2D eigenvalue weighted by Crippen LogP contribution is 2.58. The number of nitrogens with two attached hydrogens (primary N) is 1. The van der Waals surface area contributed by atoms with Crippen molar-refractivity contribution >= 4 is 11.9 Å². The molecule has 1 aromatic heterocycles. The Morgan fingerprint density at radius 2 is 1.82 bits per heavy atom. The number of nitrogens with zero attached hydrogens (tertiary/aromatic N) is 2. The van der Waals surface area contributed by atoms with E-state index in [1.54, 1.807) is 24.4 Å². The molecule has 34 heavy (non-hydrogen) atoms. The summed E-state index contributed by atoms with van der Waals surface area (Å²) >= 11 is 1.25. The molecule has 5 rings (SSSR count). The molecule has 0 aliphatic heterocycles. The maximum Gasteiger partial charge on any atom is 0.132 e. The van der Waals surface area contributed by atoms with Crippen molar-refractivity contribution in [1.29, 1.82) is 0 Å². The van der Waals surface area contributed by atoms with Crippen molar-refractivity contribution in [1.82, 2.24) is 9.97 Å². The molecular formula is C26H30F3N3OS. The number of rotatable bonds is 5. The number of benzene rings is 2. The molecule has 3 aromatic rings. The summed E-state index contributed by atoms with van der Waals surface area (Å²) in [7, 11) is 0.500. The standard InChI is InChI=1S/C24H22F2N2O.CH3F.CH5NS/c1-14-2-6-22(26)20(10-14)21-12-16(25)4-7-23(21)29-13-17-8-9-27-24(28-17)18-5-3-15-11-19(15)18;1-2;1-3-2/h2,4,6-10,12,15,18-19H,3,5,11,13H2,1H3;1H3;2H2,1H3. The predicted molar refractivity (Wildman–Crippen MR) is 131 cm³/mol. The number of aryl methyl sites for hydroxylation is 1. The number of hydrogen-bond acceptors (Lipinski definition) is 5. The Kier molecular flexibility index (Phi) is 9.36. The van der Waals surface area contributed by atoms with Gasteiger partial charge in [-0.05, 0) is 80.7 Å². The molecule has 0 radical (unpaired) electrons. The largest absolute Gasteiger partial charge is 0.487 e. The third kappa shape index (κ3) is 6.30. The number of hydrogen-bond donors (Lipinski definition) is 1. The van der Waals surface area contributed by atoms with Gasteiger partial charge in [0.05, 0.1) is 12.9 Å². The average molecular weight is 490 g/mol. The van der Waals surface area contributed by atoms with E-state index in [4.69, 9.17) is 14.9 Å². The van der Waals surface area contributed by atoms with Crippen molar-refractivity contribution in [2.75, 3.05) is 13.4 Å². The van der Waals surface area contributed by atoms with Crippen LogP contribution in [0.1, 0.15) is 42.3 Å². The Balaban J connectivity index is 0.000000603. The van der Waals surface area contributed by atoms with Gasteiger partial charge in [-0.1, -0.05) is 23.6 Å². The summed E-state index contributed by atoms with van der Waals surface area (Å²) in [5, 5.41) is 4.76. The first-order chi connectivity index (χ1) is 16.5. The first kappa shape index (κ1) is 26.0. The molecule has 3 unspecified atom stereocenters. The Labute approximate surface area is 203 Å². The molecule has 8 heteroatoms. The minimum Gasteiger partial charge on any atom is -0.487 e. The minimum atomic E-state index is -0.433. The highest BCUT2D eigenvalue weighted by Gasteiger charge is 2.49. The molecule has 1 heterocycles. The van der Waals surface area contributed by atoms with Gasteiger partial charge in [-0.2, -0.15) is 0 Å². The second kappa shape index (κ2) is 12.2. The molecule has 2 aromatic carbocycles. The van der Waals surface area contributed by atoms with Crippen LogP contribution in [0.15, 0.2) is 48.7 Å². The van der Waals surface area contributed by atoms with Crippen LogP contribution in [0.25, 0.3) is 11.1 Å². The molecule has 0 bridgehead atoms. The molecule has 2 saturated carbocycles. The third-order valence-corrected chi connectivity index (χ3v) is 6.14. The molecule has 4 nitrogen and oxygen atoms in total. The van der Waals surface area contributed by atoms with Gasteiger partial charge >= 0.3 is 0 Å². The first-order valence-corrected chi connectivity index (χ1v) is 12.4. The number of aromatic nitrogens is 2. The van der Waals surface area contributed by atoms with E-state index in [1.165, 1.54) is 43.0 Å². The first-order valence-electron chi connectivity index (χ1n) is 11.1. The Bertz CT molecular complexity index is 1100. The summed E-state index contributed by atoms with van der Waals surface area (Å²) in [6, 6.07) is 10.8. The number of halogens is 3. The van der Waals surface area contributed by atoms with Crippen LogP contribution in [0, 0.1) is 30.4 Å². The lowest BCUT2D eigenvalue weighted by Gasteiger charge is -2.14. The van der Waals surface area contributed by atoms with E-state index in [0.29, 0.717) is 30.0 Å². The fourth-order valence-electron chi connectivity index (χ4n) is 4.53. The summed E-state index contributed by atoms with van der Waals surface area (Å²) in [6.07, 6.45) is 7.34. The molecule has 182 valence electrons. The van der Waals surface area contributed by atoms with E-state index < -0.39 is 11.6 Å². The minimum absolute atomic E-state index is 0.225. The van der Waals surface area contributed by atoms with Gasteiger partial charge in [0.25, 0.3) is 0 Å². The van der Waals surface area contributed by atoms with Crippen molar-refractivity contribution in [3.05, 3.63) is 77.4 Å². The zero-order chi connectivity index (χ0) is 24.7. The Hall–Kier alpha value is -2.58. The zero-order valence-electron chi connectivity index (χ0n) is 19.6. The normalized spacial score (nSPS) is 19.8. The lowest BCUT2D eigenvalue weighted by Crippen LogP contribution is -2.08. The van der Waals surface area contributed by atoms with Gasteiger partial charge in [0, 0.05) is 23.2 Å². The monoisotopic (exact) mass is 489 g/mol. The molecule has 0 amide bonds. The van der Waals surface area contributed by atoms with Crippen LogP contribution in [0.3, 0.4) is 0 Å². The van der Waals surface area contributed by atoms with E-state index >= 15 is 0 Å². The van der Waals surface area contributed by atoms with E-state index in [-0.39, 0.29) is 6.61 Å². The van der Waals surface area contributed by atoms with Crippen molar-refractivity contribution in [3.8, 4) is 16.9 Å². The van der Waals surface area contributed by atoms with E-state index in [2.05, 4.69) is 4.98 Å². The van der Waals surface area contributed by atoms with Crippen LogP contribution in [-0.2, 0) is 6.61 Å². The highest BCUT2D eigenvalue weighted by atomic mass is 32.2. The van der Waals surface area contributed by atoms with Crippen LogP contribution < -0.4 is 9.88 Å². The van der Waals surface area contributed by atoms with Crippen molar-refractivity contribution < 1.29 is 17.9 Å². The molecule has 2 aliphatic carbocycles.